The summed E-state index contributed by atoms with van der Waals surface area (Å²) in [5.74, 6) is 0.918. The molecule has 0 amide bonds. The first kappa shape index (κ1) is 14.7. The number of ether oxygens (including phenoxy) is 1. The van der Waals surface area contributed by atoms with Crippen LogP contribution in [0.2, 0.25) is 5.02 Å². The summed E-state index contributed by atoms with van der Waals surface area (Å²) in [7, 11) is 0. The molecule has 2 rings (SSSR count). The van der Waals surface area contributed by atoms with Crippen molar-refractivity contribution in [1.82, 2.24) is 4.98 Å². The predicted octanol–water partition coefficient (Wildman–Crippen LogP) is 4.53. The summed E-state index contributed by atoms with van der Waals surface area (Å²) in [6.45, 7) is 3.64. The third-order valence-electron chi connectivity index (χ3n) is 2.94. The van der Waals surface area contributed by atoms with Gasteiger partial charge in [0.2, 0.25) is 0 Å². The lowest BCUT2D eigenvalue weighted by Gasteiger charge is -2.09. The number of halogens is 1. The smallest absolute Gasteiger partial charge is 0.119 e. The number of benzene rings is 1. The number of pyridine rings is 1. The van der Waals surface area contributed by atoms with Crippen molar-refractivity contribution in [3.63, 3.8) is 0 Å². The molecule has 0 saturated carbocycles. The van der Waals surface area contributed by atoms with Crippen LogP contribution in [0.1, 0.15) is 25.3 Å². The molecule has 0 bridgehead atoms. The summed E-state index contributed by atoms with van der Waals surface area (Å²) in [5.41, 5.74) is 2.02. The van der Waals surface area contributed by atoms with Crippen LogP contribution in [0.25, 0.3) is 0 Å². The summed E-state index contributed by atoms with van der Waals surface area (Å²) in [5, 5.41) is 3.95. The number of rotatable bonds is 7. The highest BCUT2D eigenvalue weighted by atomic mass is 35.5. The first-order valence-corrected chi connectivity index (χ1v) is 7.22. The topological polar surface area (TPSA) is 34.1 Å². The Labute approximate surface area is 124 Å². The zero-order valence-corrected chi connectivity index (χ0v) is 12.4. The Bertz CT molecular complexity index is 528. The molecule has 0 spiro atoms. The van der Waals surface area contributed by atoms with Gasteiger partial charge in [0.15, 0.2) is 0 Å². The second kappa shape index (κ2) is 7.75. The molecule has 0 saturated heterocycles. The van der Waals surface area contributed by atoms with Crippen molar-refractivity contribution in [1.29, 1.82) is 0 Å². The summed E-state index contributed by atoms with van der Waals surface area (Å²) < 4.78 is 5.63. The third kappa shape index (κ3) is 4.42. The molecule has 0 aliphatic carbocycles. The van der Waals surface area contributed by atoms with Gasteiger partial charge in [0, 0.05) is 12.7 Å². The maximum atomic E-state index is 6.06. The van der Waals surface area contributed by atoms with Crippen molar-refractivity contribution in [2.45, 2.75) is 26.3 Å². The fraction of sp³-hybridized carbons (Fsp3) is 0.312. The van der Waals surface area contributed by atoms with E-state index in [-0.39, 0.29) is 0 Å². The number of hydrogen-bond donors (Lipinski definition) is 1. The molecule has 1 N–H and O–H groups in total. The largest absolute Gasteiger partial charge is 0.494 e. The van der Waals surface area contributed by atoms with Crippen LogP contribution >= 0.6 is 11.6 Å². The minimum absolute atomic E-state index is 0.680. The van der Waals surface area contributed by atoms with Gasteiger partial charge in [-0.25, -0.2) is 0 Å². The Morgan fingerprint density at radius 3 is 2.70 bits per heavy atom. The van der Waals surface area contributed by atoms with E-state index in [1.54, 1.807) is 18.5 Å². The molecular weight excluding hydrogens is 272 g/mol. The van der Waals surface area contributed by atoms with Gasteiger partial charge in [0.05, 0.1) is 23.5 Å². The molecule has 0 fully saturated rings. The molecule has 0 atom stereocenters. The second-order valence-corrected chi connectivity index (χ2v) is 4.96. The lowest BCUT2D eigenvalue weighted by molar-refractivity contribution is 0.309. The molecule has 0 aliphatic rings. The minimum Gasteiger partial charge on any atom is -0.494 e. The molecule has 1 aromatic heterocycles. The van der Waals surface area contributed by atoms with Crippen molar-refractivity contribution in [3.8, 4) is 5.75 Å². The van der Waals surface area contributed by atoms with Crippen molar-refractivity contribution >= 4 is 17.3 Å². The van der Waals surface area contributed by atoms with E-state index >= 15 is 0 Å². The van der Waals surface area contributed by atoms with Crippen LogP contribution in [-0.2, 0) is 6.54 Å². The SMILES string of the molecule is CCCCOc1ccc(CNc2cnccc2Cl)cc1. The maximum absolute atomic E-state index is 6.06. The highest BCUT2D eigenvalue weighted by molar-refractivity contribution is 6.33. The van der Waals surface area contributed by atoms with Crippen molar-refractivity contribution in [2.75, 3.05) is 11.9 Å². The van der Waals surface area contributed by atoms with Gasteiger partial charge >= 0.3 is 0 Å². The third-order valence-corrected chi connectivity index (χ3v) is 3.27. The summed E-state index contributed by atoms with van der Waals surface area (Å²) in [6.07, 6.45) is 5.64. The van der Waals surface area contributed by atoms with Crippen LogP contribution < -0.4 is 10.1 Å². The summed E-state index contributed by atoms with van der Waals surface area (Å²) in [4.78, 5) is 4.05. The Balaban J connectivity index is 1.86. The van der Waals surface area contributed by atoms with Crippen molar-refractivity contribution in [2.24, 2.45) is 0 Å². The molecule has 4 heteroatoms. The van der Waals surface area contributed by atoms with Crippen LogP contribution in [0.3, 0.4) is 0 Å². The van der Waals surface area contributed by atoms with Crippen molar-refractivity contribution in [3.05, 3.63) is 53.3 Å². The fourth-order valence-electron chi connectivity index (χ4n) is 1.74. The predicted molar refractivity (Wildman–Crippen MR) is 83.4 cm³/mol. The zero-order chi connectivity index (χ0) is 14.2. The van der Waals surface area contributed by atoms with Crippen LogP contribution in [0.4, 0.5) is 5.69 Å². The Morgan fingerprint density at radius 1 is 1.20 bits per heavy atom. The van der Waals surface area contributed by atoms with E-state index in [1.807, 2.05) is 12.1 Å². The summed E-state index contributed by atoms with van der Waals surface area (Å²) in [6, 6.07) is 9.88. The molecule has 2 aromatic rings. The molecule has 20 heavy (non-hydrogen) atoms. The van der Waals surface area contributed by atoms with Gasteiger partial charge in [-0.2, -0.15) is 0 Å². The first-order chi connectivity index (χ1) is 9.79. The number of aromatic nitrogens is 1. The fourth-order valence-corrected chi connectivity index (χ4v) is 1.91. The average Bonchev–Trinajstić information content (AvgIpc) is 2.48. The lowest BCUT2D eigenvalue weighted by Crippen LogP contribution is -2.01. The zero-order valence-electron chi connectivity index (χ0n) is 11.6. The van der Waals surface area contributed by atoms with E-state index in [0.717, 1.165) is 30.9 Å². The number of nitrogens with one attached hydrogen (secondary N) is 1. The lowest BCUT2D eigenvalue weighted by atomic mass is 10.2. The maximum Gasteiger partial charge on any atom is 0.119 e. The van der Waals surface area contributed by atoms with Crippen LogP contribution in [0, 0.1) is 0 Å². The highest BCUT2D eigenvalue weighted by Gasteiger charge is 2.00. The second-order valence-electron chi connectivity index (χ2n) is 4.56. The molecule has 0 aliphatic heterocycles. The van der Waals surface area contributed by atoms with Gasteiger partial charge in [-0.1, -0.05) is 37.1 Å². The number of hydrogen-bond acceptors (Lipinski definition) is 3. The molecule has 1 heterocycles. The van der Waals surface area contributed by atoms with Gasteiger partial charge < -0.3 is 10.1 Å². The molecule has 0 radical (unpaired) electrons. The average molecular weight is 291 g/mol. The van der Waals surface area contributed by atoms with E-state index in [0.29, 0.717) is 11.6 Å². The monoisotopic (exact) mass is 290 g/mol. The Kier molecular flexibility index (Phi) is 5.69. The van der Waals surface area contributed by atoms with Gasteiger partial charge in [0.1, 0.15) is 5.75 Å². The minimum atomic E-state index is 0.680. The van der Waals surface area contributed by atoms with Gasteiger partial charge in [-0.05, 0) is 30.2 Å². The quantitative estimate of drug-likeness (QED) is 0.761. The molecule has 0 unspecified atom stereocenters. The summed E-state index contributed by atoms with van der Waals surface area (Å²) >= 11 is 6.06. The highest BCUT2D eigenvalue weighted by Crippen LogP contribution is 2.20. The molecular formula is C16H19ClN2O. The molecule has 1 aromatic carbocycles. The standard InChI is InChI=1S/C16H19ClN2O/c1-2-3-10-20-14-6-4-13(5-7-14)11-19-16-12-18-9-8-15(16)17/h4-9,12,19H,2-3,10-11H2,1H3. The van der Waals surface area contributed by atoms with E-state index in [1.165, 1.54) is 5.56 Å². The molecule has 3 nitrogen and oxygen atoms in total. The van der Waals surface area contributed by atoms with Crippen LogP contribution in [-0.4, -0.2) is 11.6 Å². The van der Waals surface area contributed by atoms with E-state index < -0.39 is 0 Å². The van der Waals surface area contributed by atoms with Crippen LogP contribution in [0.15, 0.2) is 42.7 Å². The van der Waals surface area contributed by atoms with Gasteiger partial charge in [-0.3, -0.25) is 4.98 Å². The Morgan fingerprint density at radius 2 is 2.00 bits per heavy atom. The Hall–Kier alpha value is -1.74. The van der Waals surface area contributed by atoms with E-state index in [9.17, 15) is 0 Å². The number of unbranched alkanes of at least 4 members (excludes halogenated alkanes) is 1. The first-order valence-electron chi connectivity index (χ1n) is 6.84. The van der Waals surface area contributed by atoms with Crippen molar-refractivity contribution < 1.29 is 4.74 Å². The normalized spacial score (nSPS) is 10.3. The number of anilines is 1. The van der Waals surface area contributed by atoms with E-state index in [4.69, 9.17) is 16.3 Å². The van der Waals surface area contributed by atoms with Crippen LogP contribution in [0.5, 0.6) is 5.75 Å². The number of nitrogens with zero attached hydrogens (tertiary/aromatic N) is 1. The van der Waals surface area contributed by atoms with Gasteiger partial charge in [0.25, 0.3) is 0 Å². The van der Waals surface area contributed by atoms with Gasteiger partial charge in [-0.15, -0.1) is 0 Å². The van der Waals surface area contributed by atoms with E-state index in [2.05, 4.69) is 29.4 Å². The molecule has 106 valence electrons.